The molecule has 0 spiro atoms. The summed E-state index contributed by atoms with van der Waals surface area (Å²) in [6.07, 6.45) is 16.4. The lowest BCUT2D eigenvalue weighted by molar-refractivity contribution is -0.140. The molecular weight excluding hydrogens is 360 g/mol. The van der Waals surface area contributed by atoms with Gasteiger partial charge in [-0.1, -0.05) is 58.8 Å². The summed E-state index contributed by atoms with van der Waals surface area (Å²) in [6.45, 7) is 4.41. The molecule has 4 heteroatoms. The maximum Gasteiger partial charge on any atom is 0.314 e. The van der Waals surface area contributed by atoms with E-state index in [-0.39, 0.29) is 17.3 Å². The second kappa shape index (κ2) is 12.6. The highest BCUT2D eigenvalue weighted by atomic mass is 16.5. The third kappa shape index (κ3) is 7.80. The quantitative estimate of drug-likeness (QED) is 0.287. The van der Waals surface area contributed by atoms with Gasteiger partial charge in [0.25, 0.3) is 0 Å². The van der Waals surface area contributed by atoms with E-state index in [0.717, 1.165) is 57.1 Å². The zero-order chi connectivity index (χ0) is 21.0. The van der Waals surface area contributed by atoms with Gasteiger partial charge in [-0.2, -0.15) is 5.26 Å². The molecule has 0 amide bonds. The topological polar surface area (TPSA) is 63.0 Å². The molecule has 0 bridgehead atoms. The molecular formula is C25H38N2O2. The molecule has 1 saturated carbocycles. The van der Waals surface area contributed by atoms with Gasteiger partial charge in [0.05, 0.1) is 23.6 Å². The van der Waals surface area contributed by atoms with Crippen molar-refractivity contribution < 1.29 is 9.53 Å². The minimum atomic E-state index is -0.231. The van der Waals surface area contributed by atoms with E-state index in [4.69, 9.17) is 4.74 Å². The Bertz CT molecular complexity index is 640. The fraction of sp³-hybridized carbons (Fsp3) is 0.720. The van der Waals surface area contributed by atoms with Gasteiger partial charge >= 0.3 is 5.97 Å². The van der Waals surface area contributed by atoms with Crippen LogP contribution in [-0.2, 0) is 11.2 Å². The van der Waals surface area contributed by atoms with E-state index in [1.807, 2.05) is 12.1 Å². The molecule has 1 fully saturated rings. The third-order valence-corrected chi connectivity index (χ3v) is 6.32. The maximum atomic E-state index is 12.6. The molecule has 1 heterocycles. The molecule has 1 aromatic rings. The number of ether oxygens (including phenoxy) is 1. The Kier molecular flexibility index (Phi) is 10.2. The average Bonchev–Trinajstić information content (AvgIpc) is 2.75. The van der Waals surface area contributed by atoms with Crippen molar-refractivity contribution in [2.45, 2.75) is 104 Å². The van der Waals surface area contributed by atoms with Crippen molar-refractivity contribution in [3.05, 3.63) is 24.0 Å². The third-order valence-electron chi connectivity index (χ3n) is 6.32. The van der Waals surface area contributed by atoms with Crippen molar-refractivity contribution in [3.63, 3.8) is 0 Å². The van der Waals surface area contributed by atoms with Crippen LogP contribution in [0.1, 0.15) is 103 Å². The van der Waals surface area contributed by atoms with E-state index in [0.29, 0.717) is 5.75 Å². The van der Waals surface area contributed by atoms with Gasteiger partial charge in [-0.3, -0.25) is 9.78 Å². The highest BCUT2D eigenvalue weighted by molar-refractivity contribution is 5.75. The first-order chi connectivity index (χ1) is 14.1. The number of carbonyl (C=O) groups is 1. The molecule has 0 atom stereocenters. The predicted molar refractivity (Wildman–Crippen MR) is 116 cm³/mol. The number of nitrogens with zero attached hydrogens (tertiary/aromatic N) is 2. The van der Waals surface area contributed by atoms with Gasteiger partial charge in [0.15, 0.2) is 0 Å². The number of rotatable bonds is 12. The first-order valence-corrected chi connectivity index (χ1v) is 11.7. The smallest absolute Gasteiger partial charge is 0.314 e. The number of carbonyl (C=O) groups excluding carboxylic acids is 1. The van der Waals surface area contributed by atoms with Gasteiger partial charge in [0.1, 0.15) is 5.75 Å². The summed E-state index contributed by atoms with van der Waals surface area (Å²) in [6, 6.07) is 6.39. The molecule has 2 rings (SSSR count). The van der Waals surface area contributed by atoms with E-state index in [1.165, 1.54) is 38.5 Å². The standard InChI is InChI=1S/C25H38N2O2/c1-3-5-7-8-10-16-25(20-26)17-14-21(15-18-25)24(28)29-23-13-12-22(27-19-23)11-9-6-4-2/h12-13,19,21H,3-11,14-18H2,1-2H3. The van der Waals surface area contributed by atoms with Crippen LogP contribution in [0.5, 0.6) is 5.75 Å². The summed E-state index contributed by atoms with van der Waals surface area (Å²) in [7, 11) is 0. The maximum absolute atomic E-state index is 12.6. The number of hydrogen-bond acceptors (Lipinski definition) is 4. The van der Waals surface area contributed by atoms with Crippen LogP contribution in [0.4, 0.5) is 0 Å². The summed E-state index contributed by atoms with van der Waals surface area (Å²) < 4.78 is 5.58. The summed E-state index contributed by atoms with van der Waals surface area (Å²) in [4.78, 5) is 17.0. The molecule has 0 aromatic carbocycles. The lowest BCUT2D eigenvalue weighted by Crippen LogP contribution is -2.31. The van der Waals surface area contributed by atoms with Crippen LogP contribution in [0, 0.1) is 22.7 Å². The van der Waals surface area contributed by atoms with Crippen LogP contribution in [0.3, 0.4) is 0 Å². The first kappa shape index (κ1) is 23.4. The van der Waals surface area contributed by atoms with Crippen LogP contribution in [-0.4, -0.2) is 11.0 Å². The van der Waals surface area contributed by atoms with Crippen molar-refractivity contribution in [2.75, 3.05) is 0 Å². The monoisotopic (exact) mass is 398 g/mol. The van der Waals surface area contributed by atoms with Gasteiger partial charge in [-0.15, -0.1) is 0 Å². The highest BCUT2D eigenvalue weighted by Crippen LogP contribution is 2.42. The number of nitriles is 1. The number of aromatic nitrogens is 1. The molecule has 1 aromatic heterocycles. The molecule has 0 saturated heterocycles. The van der Waals surface area contributed by atoms with E-state index in [2.05, 4.69) is 24.9 Å². The Morgan fingerprint density at radius 2 is 1.79 bits per heavy atom. The van der Waals surface area contributed by atoms with Gasteiger partial charge < -0.3 is 4.74 Å². The minimum Gasteiger partial charge on any atom is -0.425 e. The minimum absolute atomic E-state index is 0.0965. The van der Waals surface area contributed by atoms with Gasteiger partial charge in [0, 0.05) is 5.69 Å². The SMILES string of the molecule is CCCCCCCC1(C#N)CCC(C(=O)Oc2ccc(CCCCC)nc2)CC1. The molecule has 0 unspecified atom stereocenters. The number of esters is 1. The molecule has 160 valence electrons. The molecule has 1 aliphatic carbocycles. The Morgan fingerprint density at radius 3 is 2.41 bits per heavy atom. The number of aryl methyl sites for hydroxylation is 1. The molecule has 1 aliphatic rings. The second-order valence-electron chi connectivity index (χ2n) is 8.69. The molecule has 29 heavy (non-hydrogen) atoms. The summed E-state index contributed by atoms with van der Waals surface area (Å²) in [5.41, 5.74) is 0.818. The van der Waals surface area contributed by atoms with Crippen LogP contribution < -0.4 is 4.74 Å². The fourth-order valence-electron chi connectivity index (χ4n) is 4.27. The van der Waals surface area contributed by atoms with Crippen LogP contribution >= 0.6 is 0 Å². The lowest BCUT2D eigenvalue weighted by Gasteiger charge is -2.34. The van der Waals surface area contributed by atoms with Crippen LogP contribution in [0.2, 0.25) is 0 Å². The lowest BCUT2D eigenvalue weighted by atomic mass is 9.69. The predicted octanol–water partition coefficient (Wildman–Crippen LogP) is 6.78. The number of hydrogen-bond donors (Lipinski definition) is 0. The number of unbranched alkanes of at least 4 members (excludes halogenated alkanes) is 6. The average molecular weight is 399 g/mol. The van der Waals surface area contributed by atoms with Crippen molar-refractivity contribution in [3.8, 4) is 11.8 Å². The molecule has 0 radical (unpaired) electrons. The van der Waals surface area contributed by atoms with E-state index >= 15 is 0 Å². The fourth-order valence-corrected chi connectivity index (χ4v) is 4.27. The Hall–Kier alpha value is -1.89. The molecule has 4 nitrogen and oxygen atoms in total. The second-order valence-corrected chi connectivity index (χ2v) is 8.69. The summed E-state index contributed by atoms with van der Waals surface area (Å²) in [5, 5.41) is 9.73. The first-order valence-electron chi connectivity index (χ1n) is 11.7. The Balaban J connectivity index is 1.76. The van der Waals surface area contributed by atoms with Crippen LogP contribution in [0.25, 0.3) is 0 Å². The van der Waals surface area contributed by atoms with E-state index in [1.54, 1.807) is 6.20 Å². The largest absolute Gasteiger partial charge is 0.425 e. The zero-order valence-corrected chi connectivity index (χ0v) is 18.4. The number of pyridine rings is 1. The zero-order valence-electron chi connectivity index (χ0n) is 18.4. The van der Waals surface area contributed by atoms with Crippen molar-refractivity contribution in [2.24, 2.45) is 11.3 Å². The van der Waals surface area contributed by atoms with E-state index in [9.17, 15) is 10.1 Å². The summed E-state index contributed by atoms with van der Waals surface area (Å²) in [5.74, 6) is 0.267. The normalized spacial score (nSPS) is 21.5. The van der Waals surface area contributed by atoms with Crippen molar-refractivity contribution in [1.29, 1.82) is 5.26 Å². The Morgan fingerprint density at radius 1 is 1.10 bits per heavy atom. The van der Waals surface area contributed by atoms with E-state index < -0.39 is 0 Å². The molecule has 0 N–H and O–H groups in total. The van der Waals surface area contributed by atoms with Gasteiger partial charge in [-0.25, -0.2) is 0 Å². The van der Waals surface area contributed by atoms with Crippen molar-refractivity contribution in [1.82, 2.24) is 4.98 Å². The summed E-state index contributed by atoms with van der Waals surface area (Å²) >= 11 is 0. The van der Waals surface area contributed by atoms with Crippen LogP contribution in [0.15, 0.2) is 18.3 Å². The van der Waals surface area contributed by atoms with Gasteiger partial charge in [-0.05, 0) is 57.1 Å². The Labute approximate surface area is 177 Å². The highest BCUT2D eigenvalue weighted by Gasteiger charge is 2.37. The van der Waals surface area contributed by atoms with Gasteiger partial charge in [0.2, 0.25) is 0 Å². The molecule has 0 aliphatic heterocycles. The van der Waals surface area contributed by atoms with Crippen molar-refractivity contribution >= 4 is 5.97 Å².